The quantitative estimate of drug-likeness (QED) is 0.876. The van der Waals surface area contributed by atoms with E-state index in [0.717, 1.165) is 0 Å². The van der Waals surface area contributed by atoms with E-state index in [1.807, 2.05) is 41.5 Å². The molecular formula is C14H22N2O2. The Kier molecular flexibility index (Phi) is 3.99. The number of carbonyl (C=O) groups is 1. The summed E-state index contributed by atoms with van der Waals surface area (Å²) in [4.78, 5) is 15.9. The van der Waals surface area contributed by atoms with Gasteiger partial charge in [0, 0.05) is 5.41 Å². The van der Waals surface area contributed by atoms with E-state index in [2.05, 4.69) is 10.3 Å². The fraction of sp³-hybridized carbons (Fsp3) is 0.571. The van der Waals surface area contributed by atoms with Crippen LogP contribution in [0.4, 0.5) is 5.82 Å². The maximum atomic E-state index is 11.8. The highest BCUT2D eigenvalue weighted by molar-refractivity contribution is 5.93. The first kappa shape index (κ1) is 14.5. The van der Waals surface area contributed by atoms with Gasteiger partial charge in [-0.05, 0) is 32.9 Å². The van der Waals surface area contributed by atoms with Crippen LogP contribution in [0.3, 0.4) is 0 Å². The van der Waals surface area contributed by atoms with Crippen LogP contribution in [0.1, 0.15) is 41.5 Å². The van der Waals surface area contributed by atoms with E-state index in [0.29, 0.717) is 11.6 Å². The Morgan fingerprint density at radius 2 is 1.78 bits per heavy atom. The molecule has 4 heteroatoms. The number of ether oxygens (including phenoxy) is 1. The summed E-state index contributed by atoms with van der Waals surface area (Å²) in [7, 11) is 0. The molecule has 1 amide bonds. The summed E-state index contributed by atoms with van der Waals surface area (Å²) in [6, 6.07) is 3.54. The van der Waals surface area contributed by atoms with Crippen LogP contribution in [0.5, 0.6) is 5.75 Å². The molecule has 0 aromatic carbocycles. The van der Waals surface area contributed by atoms with Crippen molar-refractivity contribution in [1.82, 2.24) is 4.98 Å². The van der Waals surface area contributed by atoms with Crippen LogP contribution in [-0.4, -0.2) is 16.5 Å². The van der Waals surface area contributed by atoms with E-state index in [-0.39, 0.29) is 11.5 Å². The number of aromatic nitrogens is 1. The SMILES string of the molecule is CC(C)(C)Oc1ccc(NC(=O)C(C)(C)C)nc1. The Labute approximate surface area is 109 Å². The zero-order valence-corrected chi connectivity index (χ0v) is 12.0. The minimum absolute atomic E-state index is 0.0560. The van der Waals surface area contributed by atoms with Gasteiger partial charge in [0.25, 0.3) is 0 Å². The second-order valence-electron chi connectivity index (χ2n) is 6.30. The number of nitrogens with one attached hydrogen (secondary N) is 1. The Morgan fingerprint density at radius 3 is 2.17 bits per heavy atom. The van der Waals surface area contributed by atoms with Crippen LogP contribution >= 0.6 is 0 Å². The lowest BCUT2D eigenvalue weighted by molar-refractivity contribution is -0.123. The van der Waals surface area contributed by atoms with Gasteiger partial charge >= 0.3 is 0 Å². The molecule has 100 valence electrons. The zero-order valence-electron chi connectivity index (χ0n) is 12.0. The summed E-state index contributed by atoms with van der Waals surface area (Å²) in [5.41, 5.74) is -0.680. The Hall–Kier alpha value is -1.58. The molecule has 0 aliphatic heterocycles. The van der Waals surface area contributed by atoms with E-state index >= 15 is 0 Å². The molecule has 1 aromatic rings. The number of pyridine rings is 1. The van der Waals surface area contributed by atoms with Crippen LogP contribution < -0.4 is 10.1 Å². The predicted molar refractivity (Wildman–Crippen MR) is 72.7 cm³/mol. The van der Waals surface area contributed by atoms with Crippen molar-refractivity contribution < 1.29 is 9.53 Å². The average molecular weight is 250 g/mol. The van der Waals surface area contributed by atoms with E-state index in [9.17, 15) is 4.79 Å². The van der Waals surface area contributed by atoms with Crippen LogP contribution in [0.25, 0.3) is 0 Å². The molecule has 0 saturated carbocycles. The number of amides is 1. The fourth-order valence-corrected chi connectivity index (χ4v) is 1.17. The Balaban J connectivity index is 2.70. The first-order valence-electron chi connectivity index (χ1n) is 6.04. The molecule has 1 N–H and O–H groups in total. The normalized spacial score (nSPS) is 12.1. The molecule has 0 bridgehead atoms. The molecular weight excluding hydrogens is 228 g/mol. The van der Waals surface area contributed by atoms with Gasteiger partial charge in [0.2, 0.25) is 5.91 Å². The van der Waals surface area contributed by atoms with Gasteiger partial charge in [0.15, 0.2) is 0 Å². The fourth-order valence-electron chi connectivity index (χ4n) is 1.17. The van der Waals surface area contributed by atoms with Crippen LogP contribution in [0.2, 0.25) is 0 Å². The minimum Gasteiger partial charge on any atom is -0.487 e. The van der Waals surface area contributed by atoms with Gasteiger partial charge in [-0.25, -0.2) is 4.98 Å². The molecule has 0 unspecified atom stereocenters. The van der Waals surface area contributed by atoms with Crippen molar-refractivity contribution in [3.8, 4) is 5.75 Å². The van der Waals surface area contributed by atoms with Crippen LogP contribution in [0, 0.1) is 5.41 Å². The average Bonchev–Trinajstić information content (AvgIpc) is 2.17. The van der Waals surface area contributed by atoms with Gasteiger partial charge in [0.1, 0.15) is 17.2 Å². The highest BCUT2D eigenvalue weighted by Crippen LogP contribution is 2.20. The number of anilines is 1. The first-order valence-corrected chi connectivity index (χ1v) is 6.04. The Morgan fingerprint density at radius 1 is 1.17 bits per heavy atom. The molecule has 0 aliphatic carbocycles. The third kappa shape index (κ3) is 4.73. The molecule has 1 rings (SSSR count). The van der Waals surface area contributed by atoms with Gasteiger partial charge in [-0.15, -0.1) is 0 Å². The Bertz CT molecular complexity index is 411. The van der Waals surface area contributed by atoms with E-state index < -0.39 is 5.41 Å². The van der Waals surface area contributed by atoms with Gasteiger partial charge < -0.3 is 10.1 Å². The predicted octanol–water partition coefficient (Wildman–Crippen LogP) is 3.24. The van der Waals surface area contributed by atoms with Crippen molar-refractivity contribution in [3.05, 3.63) is 18.3 Å². The van der Waals surface area contributed by atoms with Gasteiger partial charge in [-0.3, -0.25) is 4.79 Å². The third-order valence-electron chi connectivity index (χ3n) is 2.08. The zero-order chi connectivity index (χ0) is 14.0. The number of rotatable bonds is 2. The summed E-state index contributed by atoms with van der Waals surface area (Å²) < 4.78 is 5.65. The smallest absolute Gasteiger partial charge is 0.230 e. The monoisotopic (exact) mass is 250 g/mol. The maximum Gasteiger partial charge on any atom is 0.230 e. The van der Waals surface area contributed by atoms with Gasteiger partial charge in [0.05, 0.1) is 6.20 Å². The first-order chi connectivity index (χ1) is 8.08. The molecule has 0 radical (unpaired) electrons. The van der Waals surface area contributed by atoms with Crippen molar-refractivity contribution in [2.75, 3.05) is 5.32 Å². The number of hydrogen-bond donors (Lipinski definition) is 1. The van der Waals surface area contributed by atoms with E-state index in [4.69, 9.17) is 4.74 Å². The molecule has 0 saturated heterocycles. The minimum atomic E-state index is -0.428. The van der Waals surface area contributed by atoms with Crippen LogP contribution in [0.15, 0.2) is 18.3 Å². The largest absolute Gasteiger partial charge is 0.487 e. The highest BCUT2D eigenvalue weighted by Gasteiger charge is 2.21. The van der Waals surface area contributed by atoms with Crippen molar-refractivity contribution in [2.45, 2.75) is 47.1 Å². The standard InChI is InChI=1S/C14H22N2O2/c1-13(2,3)12(17)16-11-8-7-10(9-15-11)18-14(4,5)6/h7-9H,1-6H3,(H,15,16,17). The molecule has 0 spiro atoms. The maximum absolute atomic E-state index is 11.8. The van der Waals surface area contributed by atoms with Crippen molar-refractivity contribution in [3.63, 3.8) is 0 Å². The lowest BCUT2D eigenvalue weighted by atomic mass is 9.96. The van der Waals surface area contributed by atoms with Gasteiger partial charge in [-0.1, -0.05) is 20.8 Å². The molecule has 0 atom stereocenters. The van der Waals surface area contributed by atoms with Crippen molar-refractivity contribution in [1.29, 1.82) is 0 Å². The second kappa shape index (κ2) is 4.96. The summed E-state index contributed by atoms with van der Waals surface area (Å²) in [6.07, 6.45) is 1.61. The molecule has 0 fully saturated rings. The molecule has 0 aliphatic rings. The van der Waals surface area contributed by atoms with Gasteiger partial charge in [-0.2, -0.15) is 0 Å². The van der Waals surface area contributed by atoms with E-state index in [1.165, 1.54) is 0 Å². The van der Waals surface area contributed by atoms with Crippen molar-refractivity contribution >= 4 is 11.7 Å². The molecule has 4 nitrogen and oxygen atoms in total. The lowest BCUT2D eigenvalue weighted by Gasteiger charge is -2.21. The summed E-state index contributed by atoms with van der Waals surface area (Å²) in [5.74, 6) is 1.17. The van der Waals surface area contributed by atoms with Crippen molar-refractivity contribution in [2.24, 2.45) is 5.41 Å². The highest BCUT2D eigenvalue weighted by atomic mass is 16.5. The summed E-state index contributed by atoms with van der Waals surface area (Å²) >= 11 is 0. The third-order valence-corrected chi connectivity index (χ3v) is 2.08. The molecule has 18 heavy (non-hydrogen) atoms. The number of nitrogens with zero attached hydrogens (tertiary/aromatic N) is 1. The topological polar surface area (TPSA) is 51.2 Å². The molecule has 1 aromatic heterocycles. The number of hydrogen-bond acceptors (Lipinski definition) is 3. The summed E-state index contributed by atoms with van der Waals surface area (Å²) in [5, 5.41) is 2.77. The molecule has 1 heterocycles. The lowest BCUT2D eigenvalue weighted by Crippen LogP contribution is -2.28. The number of carbonyl (C=O) groups excluding carboxylic acids is 1. The second-order valence-corrected chi connectivity index (χ2v) is 6.30. The summed E-state index contributed by atoms with van der Waals surface area (Å²) in [6.45, 7) is 11.5. The van der Waals surface area contributed by atoms with Crippen LogP contribution in [-0.2, 0) is 4.79 Å². The van der Waals surface area contributed by atoms with E-state index in [1.54, 1.807) is 18.3 Å².